The van der Waals surface area contributed by atoms with Gasteiger partial charge in [-0.3, -0.25) is 4.79 Å². The maximum atomic E-state index is 11.2. The Morgan fingerprint density at radius 3 is 2.93 bits per heavy atom. The van der Waals surface area contributed by atoms with E-state index in [0.29, 0.717) is 11.8 Å². The highest BCUT2D eigenvalue weighted by molar-refractivity contribution is 5.79. The van der Waals surface area contributed by atoms with E-state index in [0.717, 1.165) is 0 Å². The summed E-state index contributed by atoms with van der Waals surface area (Å²) in [6.07, 6.45) is 1.53. The Bertz CT molecular complexity index is 325. The maximum Gasteiger partial charge on any atom is 0.241 e. The number of amides is 1. The molecule has 1 rings (SSSR count). The van der Waals surface area contributed by atoms with E-state index in [9.17, 15) is 4.79 Å². The van der Waals surface area contributed by atoms with Gasteiger partial charge < -0.3 is 16.0 Å². The molecule has 0 fully saturated rings. The minimum absolute atomic E-state index is 0.0453. The number of nitrogens with two attached hydrogens (primary N) is 1. The Kier molecular flexibility index (Phi) is 3.22. The first-order valence-corrected chi connectivity index (χ1v) is 4.12. The first-order chi connectivity index (χ1) is 6.59. The lowest BCUT2D eigenvalue weighted by Crippen LogP contribution is -2.29. The summed E-state index contributed by atoms with van der Waals surface area (Å²) in [6, 6.07) is 1.58. The molecule has 3 N–H and O–H groups in total. The molecule has 0 bridgehead atoms. The Morgan fingerprint density at radius 1 is 1.64 bits per heavy atom. The molecule has 0 atom stereocenters. The Hall–Kier alpha value is -1.85. The molecule has 0 aromatic carbocycles. The molecular weight excluding hydrogens is 182 g/mol. The van der Waals surface area contributed by atoms with E-state index < -0.39 is 0 Å². The van der Waals surface area contributed by atoms with Crippen molar-refractivity contribution in [1.29, 1.82) is 0 Å². The third-order valence-corrected chi connectivity index (χ3v) is 1.57. The highest BCUT2D eigenvalue weighted by Crippen LogP contribution is 2.00. The Labute approximate surface area is 82.1 Å². The molecule has 14 heavy (non-hydrogen) atoms. The molecule has 6 heteroatoms. The van der Waals surface area contributed by atoms with Crippen molar-refractivity contribution in [1.82, 2.24) is 14.9 Å². The Balaban J connectivity index is 2.50. The number of nitrogens with one attached hydrogen (secondary N) is 1. The second kappa shape index (κ2) is 4.40. The van der Waals surface area contributed by atoms with Crippen LogP contribution in [0.3, 0.4) is 0 Å². The van der Waals surface area contributed by atoms with E-state index in [4.69, 9.17) is 5.73 Å². The van der Waals surface area contributed by atoms with Gasteiger partial charge in [-0.15, -0.1) is 0 Å². The molecular formula is C8H13N5O. The summed E-state index contributed by atoms with van der Waals surface area (Å²) in [5, 5.41) is 2.77. The van der Waals surface area contributed by atoms with E-state index in [1.165, 1.54) is 11.1 Å². The van der Waals surface area contributed by atoms with Crippen LogP contribution in [-0.2, 0) is 4.79 Å². The molecule has 0 aliphatic heterocycles. The van der Waals surface area contributed by atoms with Crippen LogP contribution in [0.5, 0.6) is 0 Å². The normalized spacial score (nSPS) is 9.57. The van der Waals surface area contributed by atoms with Crippen LogP contribution >= 0.6 is 0 Å². The highest BCUT2D eigenvalue weighted by Gasteiger charge is 2.03. The minimum Gasteiger partial charge on any atom is -0.384 e. The summed E-state index contributed by atoms with van der Waals surface area (Å²) in [7, 11) is 3.37. The molecule has 0 spiro atoms. The van der Waals surface area contributed by atoms with Gasteiger partial charge in [-0.25, -0.2) is 4.98 Å². The molecule has 0 radical (unpaired) electrons. The first-order valence-electron chi connectivity index (χ1n) is 4.12. The topological polar surface area (TPSA) is 84.1 Å². The SMILES string of the molecule is CN(C)C(=O)CNc1nccc(N)n1. The lowest BCUT2D eigenvalue weighted by molar-refractivity contribution is -0.126. The second-order valence-corrected chi connectivity index (χ2v) is 2.95. The first kappa shape index (κ1) is 10.2. The summed E-state index contributed by atoms with van der Waals surface area (Å²) >= 11 is 0. The van der Waals surface area contributed by atoms with Crippen molar-refractivity contribution in [2.75, 3.05) is 31.7 Å². The number of likely N-dealkylation sites (N-methyl/N-ethyl adjacent to an activating group) is 1. The molecule has 0 saturated heterocycles. The summed E-state index contributed by atoms with van der Waals surface area (Å²) in [5.74, 6) is 0.691. The summed E-state index contributed by atoms with van der Waals surface area (Å²) in [5.41, 5.74) is 5.44. The van der Waals surface area contributed by atoms with Crippen molar-refractivity contribution in [3.05, 3.63) is 12.3 Å². The van der Waals surface area contributed by atoms with E-state index in [-0.39, 0.29) is 12.5 Å². The van der Waals surface area contributed by atoms with E-state index in [1.807, 2.05) is 0 Å². The quantitative estimate of drug-likeness (QED) is 0.683. The fourth-order valence-electron chi connectivity index (χ4n) is 0.771. The number of carbonyl (C=O) groups excluding carboxylic acids is 1. The number of carbonyl (C=O) groups is 1. The molecule has 6 nitrogen and oxygen atoms in total. The van der Waals surface area contributed by atoms with Crippen molar-refractivity contribution in [2.45, 2.75) is 0 Å². The third kappa shape index (κ3) is 2.89. The predicted octanol–water partition coefficient (Wildman–Crippen LogP) is -0.441. The zero-order valence-corrected chi connectivity index (χ0v) is 8.19. The summed E-state index contributed by atoms with van der Waals surface area (Å²) in [4.78, 5) is 20.5. The van der Waals surface area contributed by atoms with Gasteiger partial charge in [-0.2, -0.15) is 4.98 Å². The van der Waals surface area contributed by atoms with Gasteiger partial charge in [0, 0.05) is 20.3 Å². The van der Waals surface area contributed by atoms with Gasteiger partial charge in [0.05, 0.1) is 6.54 Å². The van der Waals surface area contributed by atoms with Crippen LogP contribution in [0.1, 0.15) is 0 Å². The van der Waals surface area contributed by atoms with Crippen LogP contribution in [0, 0.1) is 0 Å². The van der Waals surface area contributed by atoms with Gasteiger partial charge in [-0.05, 0) is 6.07 Å². The van der Waals surface area contributed by atoms with Crippen molar-refractivity contribution in [3.8, 4) is 0 Å². The van der Waals surface area contributed by atoms with Crippen molar-refractivity contribution >= 4 is 17.7 Å². The van der Waals surface area contributed by atoms with Crippen molar-refractivity contribution < 1.29 is 4.79 Å². The van der Waals surface area contributed by atoms with Gasteiger partial charge in [-0.1, -0.05) is 0 Å². The van der Waals surface area contributed by atoms with E-state index >= 15 is 0 Å². The molecule has 76 valence electrons. The zero-order valence-electron chi connectivity index (χ0n) is 8.19. The number of hydrogen-bond acceptors (Lipinski definition) is 5. The van der Waals surface area contributed by atoms with Crippen LogP contribution < -0.4 is 11.1 Å². The van der Waals surface area contributed by atoms with Gasteiger partial charge in [0.25, 0.3) is 0 Å². The average Bonchev–Trinajstić information content (AvgIpc) is 2.14. The van der Waals surface area contributed by atoms with Crippen LogP contribution in [0.2, 0.25) is 0 Å². The average molecular weight is 195 g/mol. The molecule has 1 amide bonds. The zero-order chi connectivity index (χ0) is 10.6. The standard InChI is InChI=1S/C8H13N5O/c1-13(2)7(14)5-11-8-10-4-3-6(9)12-8/h3-4H,5H2,1-2H3,(H3,9,10,11,12). The summed E-state index contributed by atoms with van der Waals surface area (Å²) < 4.78 is 0. The number of rotatable bonds is 3. The van der Waals surface area contributed by atoms with Crippen LogP contribution in [0.15, 0.2) is 12.3 Å². The molecule has 1 heterocycles. The second-order valence-electron chi connectivity index (χ2n) is 2.95. The Morgan fingerprint density at radius 2 is 2.36 bits per heavy atom. The smallest absolute Gasteiger partial charge is 0.241 e. The van der Waals surface area contributed by atoms with Gasteiger partial charge in [0.1, 0.15) is 5.82 Å². The van der Waals surface area contributed by atoms with E-state index in [1.54, 1.807) is 20.2 Å². The molecule has 1 aromatic heterocycles. The fraction of sp³-hybridized carbons (Fsp3) is 0.375. The van der Waals surface area contributed by atoms with Crippen molar-refractivity contribution in [3.63, 3.8) is 0 Å². The fourth-order valence-corrected chi connectivity index (χ4v) is 0.771. The molecule has 0 aliphatic rings. The number of nitrogen functional groups attached to an aromatic ring is 1. The molecule has 0 unspecified atom stereocenters. The lowest BCUT2D eigenvalue weighted by Gasteiger charge is -2.10. The van der Waals surface area contributed by atoms with Gasteiger partial charge >= 0.3 is 0 Å². The lowest BCUT2D eigenvalue weighted by atomic mass is 10.5. The molecule has 0 aliphatic carbocycles. The van der Waals surface area contributed by atoms with Crippen LogP contribution in [0.25, 0.3) is 0 Å². The molecule has 1 aromatic rings. The van der Waals surface area contributed by atoms with Gasteiger partial charge in [0.2, 0.25) is 11.9 Å². The number of hydrogen-bond donors (Lipinski definition) is 2. The number of anilines is 2. The highest BCUT2D eigenvalue weighted by atomic mass is 16.2. The monoisotopic (exact) mass is 195 g/mol. The largest absolute Gasteiger partial charge is 0.384 e. The predicted molar refractivity (Wildman–Crippen MR) is 53.6 cm³/mol. The van der Waals surface area contributed by atoms with Crippen molar-refractivity contribution in [2.24, 2.45) is 0 Å². The van der Waals surface area contributed by atoms with E-state index in [2.05, 4.69) is 15.3 Å². The molecule has 0 saturated carbocycles. The maximum absolute atomic E-state index is 11.2. The van der Waals surface area contributed by atoms with Gasteiger partial charge in [0.15, 0.2) is 0 Å². The van der Waals surface area contributed by atoms with Crippen LogP contribution in [0.4, 0.5) is 11.8 Å². The number of aromatic nitrogens is 2. The third-order valence-electron chi connectivity index (χ3n) is 1.57. The van der Waals surface area contributed by atoms with Crippen LogP contribution in [-0.4, -0.2) is 41.4 Å². The summed E-state index contributed by atoms with van der Waals surface area (Å²) in [6.45, 7) is 0.163. The number of nitrogens with zero attached hydrogens (tertiary/aromatic N) is 3. The minimum atomic E-state index is -0.0453.